The van der Waals surface area contributed by atoms with Gasteiger partial charge in [0.15, 0.2) is 5.82 Å². The van der Waals surface area contributed by atoms with Gasteiger partial charge in [0, 0.05) is 37.3 Å². The summed E-state index contributed by atoms with van der Waals surface area (Å²) in [5.41, 5.74) is 1.33. The monoisotopic (exact) mass is 372 g/mol. The Bertz CT molecular complexity index is 751. The number of likely N-dealkylation sites (tertiary alicyclic amines) is 1. The third-order valence-corrected chi connectivity index (χ3v) is 6.27. The summed E-state index contributed by atoms with van der Waals surface area (Å²) in [6.45, 7) is 7.68. The van der Waals surface area contributed by atoms with Crippen LogP contribution in [0.3, 0.4) is 0 Å². The Labute approximate surface area is 161 Å². The van der Waals surface area contributed by atoms with Crippen molar-refractivity contribution in [3.63, 3.8) is 0 Å². The van der Waals surface area contributed by atoms with Gasteiger partial charge in [-0.05, 0) is 58.7 Å². The molecule has 0 spiro atoms. The van der Waals surface area contributed by atoms with E-state index in [-0.39, 0.29) is 6.04 Å². The van der Waals surface area contributed by atoms with Gasteiger partial charge < -0.3 is 4.52 Å². The van der Waals surface area contributed by atoms with Crippen molar-refractivity contribution in [3.05, 3.63) is 29.7 Å². The van der Waals surface area contributed by atoms with Crippen molar-refractivity contribution in [2.75, 3.05) is 26.7 Å². The minimum absolute atomic E-state index is 0.136. The topological polar surface area (TPSA) is 63.2 Å². The molecule has 1 saturated carbocycles. The molecule has 3 heterocycles. The summed E-state index contributed by atoms with van der Waals surface area (Å²) < 4.78 is 7.48. The molecule has 4 rings (SSSR count). The maximum absolute atomic E-state index is 5.57. The van der Waals surface area contributed by atoms with E-state index in [4.69, 9.17) is 4.52 Å². The van der Waals surface area contributed by atoms with E-state index in [9.17, 15) is 0 Å². The summed E-state index contributed by atoms with van der Waals surface area (Å²) in [5.74, 6) is 2.75. The molecular formula is C20H32N6O. The number of nitrogens with zero attached hydrogens (tertiary/aromatic N) is 6. The molecular weight excluding hydrogens is 340 g/mol. The lowest BCUT2D eigenvalue weighted by molar-refractivity contribution is 0.0638. The van der Waals surface area contributed by atoms with Crippen LogP contribution in [0.5, 0.6) is 0 Å². The lowest BCUT2D eigenvalue weighted by atomic mass is 9.85. The third-order valence-electron chi connectivity index (χ3n) is 6.27. The molecule has 0 N–H and O–H groups in total. The lowest BCUT2D eigenvalue weighted by Crippen LogP contribution is -2.43. The number of hydrogen-bond acceptors (Lipinski definition) is 6. The summed E-state index contributed by atoms with van der Waals surface area (Å²) >= 11 is 0. The highest BCUT2D eigenvalue weighted by molar-refractivity contribution is 5.14. The minimum Gasteiger partial charge on any atom is -0.338 e. The molecule has 7 nitrogen and oxygen atoms in total. The molecule has 1 aliphatic heterocycles. The average molecular weight is 373 g/mol. The normalized spacial score (nSPS) is 25.2. The van der Waals surface area contributed by atoms with Crippen LogP contribution in [0.2, 0.25) is 0 Å². The number of piperidine rings is 1. The molecule has 0 aromatic carbocycles. The molecule has 0 amide bonds. The van der Waals surface area contributed by atoms with Gasteiger partial charge >= 0.3 is 0 Å². The fourth-order valence-electron chi connectivity index (χ4n) is 4.41. The predicted molar refractivity (Wildman–Crippen MR) is 103 cm³/mol. The van der Waals surface area contributed by atoms with E-state index in [1.807, 2.05) is 17.9 Å². The molecule has 2 aliphatic rings. The summed E-state index contributed by atoms with van der Waals surface area (Å²) in [5, 5.41) is 8.61. The summed E-state index contributed by atoms with van der Waals surface area (Å²) in [6.07, 6.45) is 9.11. The zero-order chi connectivity index (χ0) is 19.0. The first-order valence-electron chi connectivity index (χ1n) is 10.3. The molecule has 1 aliphatic carbocycles. The summed E-state index contributed by atoms with van der Waals surface area (Å²) in [7, 11) is 4.18. The molecule has 148 valence electrons. The largest absolute Gasteiger partial charge is 0.338 e. The van der Waals surface area contributed by atoms with Gasteiger partial charge in [0.2, 0.25) is 5.89 Å². The van der Waals surface area contributed by atoms with Gasteiger partial charge in [-0.3, -0.25) is 14.5 Å². The highest BCUT2D eigenvalue weighted by atomic mass is 16.5. The number of hydrogen-bond donors (Lipinski definition) is 0. The molecule has 2 fully saturated rings. The number of rotatable bonds is 7. The zero-order valence-corrected chi connectivity index (χ0v) is 17.0. The molecule has 0 radical (unpaired) electrons. The Morgan fingerprint density at radius 2 is 2.15 bits per heavy atom. The van der Waals surface area contributed by atoms with E-state index >= 15 is 0 Å². The van der Waals surface area contributed by atoms with Crippen LogP contribution in [-0.4, -0.2) is 56.4 Å². The van der Waals surface area contributed by atoms with Crippen molar-refractivity contribution >= 4 is 0 Å². The van der Waals surface area contributed by atoms with E-state index in [0.29, 0.717) is 17.9 Å². The van der Waals surface area contributed by atoms with E-state index in [0.717, 1.165) is 24.8 Å². The number of aryl methyl sites for hydroxylation is 1. The molecule has 1 saturated heterocycles. The number of aromatic nitrogens is 4. The van der Waals surface area contributed by atoms with Crippen LogP contribution in [0, 0.1) is 5.92 Å². The van der Waals surface area contributed by atoms with Gasteiger partial charge in [0.25, 0.3) is 0 Å². The van der Waals surface area contributed by atoms with Crippen molar-refractivity contribution in [2.24, 2.45) is 13.0 Å². The Morgan fingerprint density at radius 1 is 1.33 bits per heavy atom. The van der Waals surface area contributed by atoms with E-state index in [1.165, 1.54) is 37.8 Å². The van der Waals surface area contributed by atoms with Crippen LogP contribution in [0.15, 0.2) is 16.9 Å². The second-order valence-corrected chi connectivity index (χ2v) is 8.30. The van der Waals surface area contributed by atoms with Crippen molar-refractivity contribution in [1.29, 1.82) is 0 Å². The van der Waals surface area contributed by atoms with Gasteiger partial charge in [0.1, 0.15) is 0 Å². The smallest absolute Gasteiger partial charge is 0.243 e. The van der Waals surface area contributed by atoms with E-state index in [1.54, 1.807) is 0 Å². The van der Waals surface area contributed by atoms with Crippen molar-refractivity contribution in [3.8, 4) is 0 Å². The molecule has 7 heteroatoms. The van der Waals surface area contributed by atoms with Crippen LogP contribution < -0.4 is 0 Å². The molecule has 27 heavy (non-hydrogen) atoms. The maximum Gasteiger partial charge on any atom is 0.243 e. The quantitative estimate of drug-likeness (QED) is 0.744. The SMILES string of the molecule is CCN1CCC[C@@H](CN(C)[C@@H](C)c2nc(C3CC3)no2)[C@@H]1c1cnn(C)c1. The Hall–Kier alpha value is -1.73. The van der Waals surface area contributed by atoms with E-state index < -0.39 is 0 Å². The standard InChI is InChI=1S/C20H32N6O/c1-5-26-10-6-7-16(18(26)17-11-21-25(4)13-17)12-24(3)14(2)20-22-19(23-27-20)15-8-9-15/h11,13-16,18H,5-10,12H2,1-4H3/t14-,16-,18+/m0/s1. The molecule has 2 aromatic rings. The Balaban J connectivity index is 1.47. The first kappa shape index (κ1) is 18.6. The average Bonchev–Trinajstić information content (AvgIpc) is 3.24. The predicted octanol–water partition coefficient (Wildman–Crippen LogP) is 3.15. The van der Waals surface area contributed by atoms with Crippen LogP contribution in [0.25, 0.3) is 0 Å². The highest BCUT2D eigenvalue weighted by Gasteiger charge is 2.35. The first-order valence-corrected chi connectivity index (χ1v) is 10.3. The Kier molecular flexibility index (Phi) is 5.32. The zero-order valence-electron chi connectivity index (χ0n) is 17.0. The van der Waals surface area contributed by atoms with Gasteiger partial charge in [0.05, 0.1) is 12.2 Å². The van der Waals surface area contributed by atoms with Crippen LogP contribution >= 0.6 is 0 Å². The van der Waals surface area contributed by atoms with Gasteiger partial charge in [-0.1, -0.05) is 12.1 Å². The maximum atomic E-state index is 5.57. The second kappa shape index (κ2) is 7.72. The fourth-order valence-corrected chi connectivity index (χ4v) is 4.41. The van der Waals surface area contributed by atoms with Crippen LogP contribution in [0.4, 0.5) is 0 Å². The first-order chi connectivity index (χ1) is 13.1. The van der Waals surface area contributed by atoms with Gasteiger partial charge in [-0.2, -0.15) is 10.1 Å². The van der Waals surface area contributed by atoms with Crippen LogP contribution in [0.1, 0.15) is 74.8 Å². The van der Waals surface area contributed by atoms with Crippen molar-refractivity contribution in [1.82, 2.24) is 29.7 Å². The van der Waals surface area contributed by atoms with Crippen molar-refractivity contribution in [2.45, 2.75) is 57.5 Å². The molecule has 3 atom stereocenters. The van der Waals surface area contributed by atoms with Crippen molar-refractivity contribution < 1.29 is 4.52 Å². The van der Waals surface area contributed by atoms with E-state index in [2.05, 4.69) is 52.1 Å². The molecule has 0 bridgehead atoms. The van der Waals surface area contributed by atoms with Gasteiger partial charge in [-0.25, -0.2) is 0 Å². The fraction of sp³-hybridized carbons (Fsp3) is 0.750. The summed E-state index contributed by atoms with van der Waals surface area (Å²) in [6, 6.07) is 0.563. The lowest BCUT2D eigenvalue weighted by Gasteiger charge is -2.42. The Morgan fingerprint density at radius 3 is 2.81 bits per heavy atom. The summed E-state index contributed by atoms with van der Waals surface area (Å²) in [4.78, 5) is 9.63. The minimum atomic E-state index is 0.136. The third kappa shape index (κ3) is 3.94. The van der Waals surface area contributed by atoms with Crippen LogP contribution in [-0.2, 0) is 7.05 Å². The highest BCUT2D eigenvalue weighted by Crippen LogP contribution is 2.39. The van der Waals surface area contributed by atoms with Gasteiger partial charge in [-0.15, -0.1) is 0 Å². The molecule has 0 unspecified atom stereocenters. The second-order valence-electron chi connectivity index (χ2n) is 8.30. The molecule has 2 aromatic heterocycles.